The molecule has 1 fully saturated rings. The molecule has 0 N–H and O–H groups in total. The zero-order valence-electron chi connectivity index (χ0n) is 17.9. The van der Waals surface area contributed by atoms with E-state index in [1.54, 1.807) is 4.90 Å². The zero-order chi connectivity index (χ0) is 23.4. The number of rotatable bonds is 7. The maximum atomic E-state index is 13.3. The van der Waals surface area contributed by atoms with E-state index in [0.717, 1.165) is 28.4 Å². The largest absolute Gasteiger partial charge is 0.417 e. The third-order valence-electron chi connectivity index (χ3n) is 5.63. The van der Waals surface area contributed by atoms with Gasteiger partial charge in [-0.1, -0.05) is 49.4 Å². The van der Waals surface area contributed by atoms with Gasteiger partial charge in [0.05, 0.1) is 10.5 Å². The summed E-state index contributed by atoms with van der Waals surface area (Å²) in [6.07, 6.45) is -3.42. The average molecular weight is 469 g/mol. The van der Waals surface area contributed by atoms with Gasteiger partial charge in [0, 0.05) is 32.1 Å². The van der Waals surface area contributed by atoms with Gasteiger partial charge in [-0.25, -0.2) is 8.42 Å². The van der Waals surface area contributed by atoms with Crippen LogP contribution in [0.3, 0.4) is 0 Å². The van der Waals surface area contributed by atoms with Crippen molar-refractivity contribution in [2.75, 3.05) is 19.6 Å². The van der Waals surface area contributed by atoms with Crippen LogP contribution in [0.5, 0.6) is 0 Å². The van der Waals surface area contributed by atoms with Crippen LogP contribution in [0.15, 0.2) is 59.5 Å². The lowest BCUT2D eigenvalue weighted by Crippen LogP contribution is -2.44. The summed E-state index contributed by atoms with van der Waals surface area (Å²) in [7, 11) is -4.32. The number of hydrogen-bond acceptors (Lipinski definition) is 3. The summed E-state index contributed by atoms with van der Waals surface area (Å²) in [5, 5.41) is 0. The molecule has 1 aliphatic heterocycles. The fourth-order valence-electron chi connectivity index (χ4n) is 4.01. The van der Waals surface area contributed by atoms with E-state index in [0.29, 0.717) is 13.1 Å². The Hall–Kier alpha value is -2.39. The number of sulfonamides is 1. The van der Waals surface area contributed by atoms with Gasteiger partial charge < -0.3 is 4.90 Å². The number of carbonyl (C=O) groups excluding carboxylic acids is 1. The SMILES string of the molecule is CCCN(Cc1ccccc1)C(=O)C1CCN(S(=O)(=O)c2ccccc2C(F)(F)F)CC1. The maximum absolute atomic E-state index is 13.3. The standard InChI is InChI=1S/C23H27F3N2O3S/c1-2-14-27(17-18-8-4-3-5-9-18)22(29)19-12-15-28(16-13-19)32(30,31)21-11-7-6-10-20(21)23(24,25)26/h3-11,19H,2,12-17H2,1H3. The molecule has 0 spiro atoms. The quantitative estimate of drug-likeness (QED) is 0.599. The predicted octanol–water partition coefficient (Wildman–Crippen LogP) is 4.54. The Balaban J connectivity index is 1.71. The highest BCUT2D eigenvalue weighted by atomic mass is 32.2. The van der Waals surface area contributed by atoms with Crippen LogP contribution >= 0.6 is 0 Å². The fraction of sp³-hybridized carbons (Fsp3) is 0.435. The lowest BCUT2D eigenvalue weighted by atomic mass is 9.96. The zero-order valence-corrected chi connectivity index (χ0v) is 18.7. The van der Waals surface area contributed by atoms with Crippen LogP contribution in [0, 0.1) is 5.92 Å². The summed E-state index contributed by atoms with van der Waals surface area (Å²) in [6.45, 7) is 3.07. The van der Waals surface area contributed by atoms with Crippen molar-refractivity contribution in [3.05, 3.63) is 65.7 Å². The van der Waals surface area contributed by atoms with Gasteiger partial charge in [-0.3, -0.25) is 4.79 Å². The Morgan fingerprint density at radius 2 is 1.62 bits per heavy atom. The number of carbonyl (C=O) groups is 1. The number of hydrogen-bond donors (Lipinski definition) is 0. The second-order valence-electron chi connectivity index (χ2n) is 7.92. The molecule has 0 radical (unpaired) electrons. The molecule has 0 atom stereocenters. The number of halogens is 3. The van der Waals surface area contributed by atoms with E-state index in [1.165, 1.54) is 12.1 Å². The molecule has 1 amide bonds. The summed E-state index contributed by atoms with van der Waals surface area (Å²) < 4.78 is 66.9. The van der Waals surface area contributed by atoms with E-state index < -0.39 is 26.7 Å². The summed E-state index contributed by atoms with van der Waals surface area (Å²) in [5.74, 6) is -0.391. The van der Waals surface area contributed by atoms with Crippen molar-refractivity contribution in [2.24, 2.45) is 5.92 Å². The molecule has 0 aliphatic carbocycles. The summed E-state index contributed by atoms with van der Waals surface area (Å²) in [4.78, 5) is 14.2. The Bertz CT molecular complexity index is 1020. The molecular weight excluding hydrogens is 441 g/mol. The third-order valence-corrected chi connectivity index (χ3v) is 7.59. The van der Waals surface area contributed by atoms with Gasteiger partial charge in [-0.05, 0) is 37.0 Å². The molecule has 174 valence electrons. The van der Waals surface area contributed by atoms with Crippen molar-refractivity contribution in [1.82, 2.24) is 9.21 Å². The molecular formula is C23H27F3N2O3S. The van der Waals surface area contributed by atoms with Gasteiger partial charge in [0.25, 0.3) is 0 Å². The van der Waals surface area contributed by atoms with E-state index in [1.807, 2.05) is 37.3 Å². The topological polar surface area (TPSA) is 57.7 Å². The van der Waals surface area contributed by atoms with Crippen LogP contribution in [0.4, 0.5) is 13.2 Å². The van der Waals surface area contributed by atoms with Crippen molar-refractivity contribution in [2.45, 2.75) is 43.8 Å². The highest BCUT2D eigenvalue weighted by Crippen LogP contribution is 2.36. The molecule has 1 aliphatic rings. The molecule has 2 aromatic carbocycles. The van der Waals surface area contributed by atoms with E-state index in [-0.39, 0.29) is 37.8 Å². The van der Waals surface area contributed by atoms with Crippen molar-refractivity contribution < 1.29 is 26.4 Å². The molecule has 0 bridgehead atoms. The van der Waals surface area contributed by atoms with Gasteiger partial charge in [-0.15, -0.1) is 0 Å². The molecule has 5 nitrogen and oxygen atoms in total. The molecule has 9 heteroatoms. The van der Waals surface area contributed by atoms with Gasteiger partial charge in [-0.2, -0.15) is 17.5 Å². The number of benzene rings is 2. The Morgan fingerprint density at radius 1 is 1.03 bits per heavy atom. The number of nitrogens with zero attached hydrogens (tertiary/aromatic N) is 2. The summed E-state index contributed by atoms with van der Waals surface area (Å²) in [6, 6.07) is 13.8. The minimum absolute atomic E-state index is 0.0102. The second-order valence-corrected chi connectivity index (χ2v) is 9.82. The van der Waals surface area contributed by atoms with Crippen LogP contribution in [0.2, 0.25) is 0 Å². The Morgan fingerprint density at radius 3 is 2.22 bits per heavy atom. The summed E-state index contributed by atoms with van der Waals surface area (Å²) in [5.41, 5.74) is -0.159. The molecule has 1 heterocycles. The van der Waals surface area contributed by atoms with Crippen molar-refractivity contribution in [3.63, 3.8) is 0 Å². The minimum Gasteiger partial charge on any atom is -0.338 e. The van der Waals surface area contributed by atoms with Crippen molar-refractivity contribution in [3.8, 4) is 0 Å². The van der Waals surface area contributed by atoms with E-state index in [2.05, 4.69) is 0 Å². The molecule has 3 rings (SSSR count). The lowest BCUT2D eigenvalue weighted by molar-refractivity contribution is -0.140. The van der Waals surface area contributed by atoms with Crippen LogP contribution in [0.25, 0.3) is 0 Å². The first-order chi connectivity index (χ1) is 15.1. The van der Waals surface area contributed by atoms with Crippen LogP contribution in [-0.2, 0) is 27.5 Å². The molecule has 0 aromatic heterocycles. The highest BCUT2D eigenvalue weighted by molar-refractivity contribution is 7.89. The lowest BCUT2D eigenvalue weighted by Gasteiger charge is -2.34. The van der Waals surface area contributed by atoms with E-state index in [4.69, 9.17) is 0 Å². The smallest absolute Gasteiger partial charge is 0.338 e. The van der Waals surface area contributed by atoms with Crippen LogP contribution in [0.1, 0.15) is 37.3 Å². The Kier molecular flexibility index (Phi) is 7.61. The van der Waals surface area contributed by atoms with Gasteiger partial charge in [0.2, 0.25) is 15.9 Å². The summed E-state index contributed by atoms with van der Waals surface area (Å²) >= 11 is 0. The molecule has 2 aromatic rings. The van der Waals surface area contributed by atoms with E-state index in [9.17, 15) is 26.4 Å². The first-order valence-electron chi connectivity index (χ1n) is 10.6. The monoisotopic (exact) mass is 468 g/mol. The van der Waals surface area contributed by atoms with Crippen molar-refractivity contribution in [1.29, 1.82) is 0 Å². The van der Waals surface area contributed by atoms with Gasteiger partial charge in [0.15, 0.2) is 0 Å². The predicted molar refractivity (Wildman–Crippen MR) is 115 cm³/mol. The normalized spacial score (nSPS) is 16.1. The van der Waals surface area contributed by atoms with Crippen LogP contribution < -0.4 is 0 Å². The van der Waals surface area contributed by atoms with Gasteiger partial charge in [0.1, 0.15) is 0 Å². The maximum Gasteiger partial charge on any atom is 0.417 e. The molecule has 0 saturated carbocycles. The molecule has 32 heavy (non-hydrogen) atoms. The van der Waals surface area contributed by atoms with Gasteiger partial charge >= 0.3 is 6.18 Å². The van der Waals surface area contributed by atoms with Crippen LogP contribution in [-0.4, -0.2) is 43.2 Å². The number of amides is 1. The number of alkyl halides is 3. The van der Waals surface area contributed by atoms with Crippen molar-refractivity contribution >= 4 is 15.9 Å². The van der Waals surface area contributed by atoms with E-state index >= 15 is 0 Å². The highest BCUT2D eigenvalue weighted by Gasteiger charge is 2.40. The third kappa shape index (κ3) is 5.50. The first-order valence-corrected chi connectivity index (χ1v) is 12.1. The Labute approximate surface area is 186 Å². The minimum atomic E-state index is -4.77. The molecule has 1 saturated heterocycles. The fourth-order valence-corrected chi connectivity index (χ4v) is 5.69. The average Bonchev–Trinajstić information content (AvgIpc) is 2.78. The number of piperidine rings is 1. The second kappa shape index (κ2) is 10.0. The first kappa shape index (κ1) is 24.3. The molecule has 0 unspecified atom stereocenters.